The molecule has 0 fully saturated rings. The number of esters is 1. The van der Waals surface area contributed by atoms with Gasteiger partial charge in [-0.15, -0.1) is 0 Å². The minimum Gasteiger partial charge on any atom is -0.465 e. The maximum Gasteiger partial charge on any atom is 0.340 e. The fourth-order valence-corrected chi connectivity index (χ4v) is 3.48. The largest absolute Gasteiger partial charge is 0.465 e. The van der Waals surface area contributed by atoms with Gasteiger partial charge < -0.3 is 20.2 Å². The quantitative estimate of drug-likeness (QED) is 0.754. The highest BCUT2D eigenvalue weighted by atomic mass is 35.5. The minimum atomic E-state index is -0.796. The molecule has 1 aliphatic rings. The van der Waals surface area contributed by atoms with Crippen LogP contribution in [-0.4, -0.2) is 18.1 Å². The van der Waals surface area contributed by atoms with Crippen molar-refractivity contribution in [2.24, 2.45) is 5.73 Å². The number of benzene rings is 1. The molecule has 0 saturated carbocycles. The Balaban J connectivity index is 2.27. The molecule has 3 N–H and O–H groups in total. The minimum absolute atomic E-state index is 0.0390. The zero-order chi connectivity index (χ0) is 19.7. The third-order valence-electron chi connectivity index (χ3n) is 4.35. The Hall–Kier alpha value is -2.44. The molecule has 0 aliphatic carbocycles. The Kier molecular flexibility index (Phi) is 5.48. The summed E-state index contributed by atoms with van der Waals surface area (Å²) >= 11 is 12.2. The highest BCUT2D eigenvalue weighted by molar-refractivity contribution is 6.42. The van der Waals surface area contributed by atoms with Gasteiger partial charge in [0.05, 0.1) is 28.6 Å². The molecular formula is C19H18Cl2N2O4. The first-order chi connectivity index (χ1) is 12.9. The number of H-pyrrole nitrogens is 1. The van der Waals surface area contributed by atoms with E-state index in [1.165, 1.54) is 7.11 Å². The van der Waals surface area contributed by atoms with E-state index in [9.17, 15) is 9.59 Å². The molecule has 1 atom stereocenters. The van der Waals surface area contributed by atoms with Gasteiger partial charge in [-0.05, 0) is 24.1 Å². The number of carbonyl (C=O) groups excluding carboxylic acids is 1. The molecule has 3 rings (SSSR count). The smallest absolute Gasteiger partial charge is 0.340 e. The van der Waals surface area contributed by atoms with Crippen molar-refractivity contribution in [3.8, 4) is 5.75 Å². The monoisotopic (exact) mass is 408 g/mol. The molecule has 1 unspecified atom stereocenters. The Morgan fingerprint density at radius 2 is 2.04 bits per heavy atom. The lowest BCUT2D eigenvalue weighted by Gasteiger charge is -2.28. The van der Waals surface area contributed by atoms with Gasteiger partial charge in [-0.1, -0.05) is 42.6 Å². The third-order valence-corrected chi connectivity index (χ3v) is 5.09. The van der Waals surface area contributed by atoms with Gasteiger partial charge in [-0.25, -0.2) is 4.79 Å². The van der Waals surface area contributed by atoms with Crippen molar-refractivity contribution in [3.05, 3.63) is 72.9 Å². The summed E-state index contributed by atoms with van der Waals surface area (Å²) in [6, 6.07) is 6.60. The van der Waals surface area contributed by atoms with Gasteiger partial charge >= 0.3 is 5.97 Å². The molecule has 0 bridgehead atoms. The van der Waals surface area contributed by atoms with E-state index in [0.717, 1.165) is 12.1 Å². The van der Waals surface area contributed by atoms with Gasteiger partial charge in [0, 0.05) is 11.8 Å². The topological polar surface area (TPSA) is 94.4 Å². The van der Waals surface area contributed by atoms with Crippen LogP contribution in [0.3, 0.4) is 0 Å². The number of carbonyl (C=O) groups is 1. The maximum atomic E-state index is 12.8. The molecule has 2 aromatic rings. The summed E-state index contributed by atoms with van der Waals surface area (Å²) in [5.74, 6) is -1.29. The average Bonchev–Trinajstić information content (AvgIpc) is 2.62. The van der Waals surface area contributed by atoms with Crippen LogP contribution in [0.4, 0.5) is 0 Å². The number of halogens is 2. The molecule has 8 heteroatoms. The zero-order valence-electron chi connectivity index (χ0n) is 14.8. The molecule has 0 spiro atoms. The molecule has 6 nitrogen and oxygen atoms in total. The highest BCUT2D eigenvalue weighted by Gasteiger charge is 2.37. The molecule has 142 valence electrons. The van der Waals surface area contributed by atoms with Gasteiger partial charge in [0.2, 0.25) is 5.88 Å². The zero-order valence-corrected chi connectivity index (χ0v) is 16.3. The van der Waals surface area contributed by atoms with Gasteiger partial charge in [0.1, 0.15) is 11.3 Å². The number of fused-ring (bicyclic) bond motifs is 1. The number of rotatable bonds is 4. The van der Waals surface area contributed by atoms with Gasteiger partial charge in [0.15, 0.2) is 0 Å². The summed E-state index contributed by atoms with van der Waals surface area (Å²) in [7, 11) is 1.23. The first kappa shape index (κ1) is 19.3. The predicted molar refractivity (Wildman–Crippen MR) is 103 cm³/mol. The van der Waals surface area contributed by atoms with Crippen LogP contribution in [0.25, 0.3) is 0 Å². The summed E-state index contributed by atoms with van der Waals surface area (Å²) in [4.78, 5) is 28.1. The number of nitrogens with one attached hydrogen (secondary N) is 1. The summed E-state index contributed by atoms with van der Waals surface area (Å²) in [6.07, 6.45) is 1.53. The molecule has 0 saturated heterocycles. The highest BCUT2D eigenvalue weighted by Crippen LogP contribution is 2.42. The van der Waals surface area contributed by atoms with Crippen LogP contribution < -0.4 is 16.0 Å². The number of ether oxygens (including phenoxy) is 2. The number of methoxy groups -OCH3 is 1. The molecule has 2 heterocycles. The van der Waals surface area contributed by atoms with Gasteiger partial charge in [-0.2, -0.15) is 0 Å². The summed E-state index contributed by atoms with van der Waals surface area (Å²) < 4.78 is 10.5. The second-order valence-electron chi connectivity index (χ2n) is 6.13. The van der Waals surface area contributed by atoms with E-state index in [4.69, 9.17) is 38.4 Å². The van der Waals surface area contributed by atoms with Crippen LogP contribution in [0.15, 0.2) is 40.5 Å². The maximum absolute atomic E-state index is 12.8. The van der Waals surface area contributed by atoms with E-state index in [1.807, 2.05) is 6.92 Å². The van der Waals surface area contributed by atoms with Crippen LogP contribution in [0.1, 0.15) is 36.1 Å². The summed E-state index contributed by atoms with van der Waals surface area (Å²) in [5.41, 5.74) is 7.27. The van der Waals surface area contributed by atoms with E-state index >= 15 is 0 Å². The number of aryl methyl sites for hydroxylation is 1. The second-order valence-corrected chi connectivity index (χ2v) is 6.94. The standard InChI is InChI=1S/C19H18Cl2N2O4/c1-3-4-10-8-13-15(18(24)23-10)14(9-5-6-11(20)12(21)7-9)16(17(22)27-13)19(25)26-2/h5-8,14H,3-4,22H2,1-2H3,(H,23,24). The first-order valence-electron chi connectivity index (χ1n) is 8.34. The number of nitrogens with two attached hydrogens (primary N) is 1. The molecule has 1 aromatic heterocycles. The van der Waals surface area contributed by atoms with Crippen LogP contribution in [0, 0.1) is 0 Å². The third kappa shape index (κ3) is 3.55. The number of aromatic amines is 1. The van der Waals surface area contributed by atoms with Gasteiger partial charge in [-0.3, -0.25) is 4.79 Å². The molecule has 0 radical (unpaired) electrons. The first-order valence-corrected chi connectivity index (χ1v) is 9.09. The van der Waals surface area contributed by atoms with Gasteiger partial charge in [0.25, 0.3) is 5.56 Å². The fraction of sp³-hybridized carbons (Fsp3) is 0.263. The molecule has 1 aliphatic heterocycles. The van der Waals surface area contributed by atoms with E-state index in [0.29, 0.717) is 27.8 Å². The lowest BCUT2D eigenvalue weighted by Crippen LogP contribution is -2.32. The lowest BCUT2D eigenvalue weighted by atomic mass is 9.83. The van der Waals surface area contributed by atoms with Crippen LogP contribution in [0.2, 0.25) is 10.0 Å². The summed E-state index contributed by atoms with van der Waals surface area (Å²) in [6.45, 7) is 2.00. The van der Waals surface area contributed by atoms with E-state index in [2.05, 4.69) is 4.98 Å². The molecule has 1 aromatic carbocycles. The lowest BCUT2D eigenvalue weighted by molar-refractivity contribution is -0.136. The Labute approximate surface area is 165 Å². The molecule has 0 amide bonds. The Morgan fingerprint density at radius 1 is 1.30 bits per heavy atom. The van der Waals surface area contributed by atoms with E-state index in [-0.39, 0.29) is 22.6 Å². The Morgan fingerprint density at radius 3 is 2.67 bits per heavy atom. The average molecular weight is 409 g/mol. The van der Waals surface area contributed by atoms with Crippen molar-refractivity contribution in [1.29, 1.82) is 0 Å². The fourth-order valence-electron chi connectivity index (χ4n) is 3.17. The summed E-state index contributed by atoms with van der Waals surface area (Å²) in [5, 5.41) is 0.653. The number of hydrogen-bond acceptors (Lipinski definition) is 5. The van der Waals surface area contributed by atoms with Crippen molar-refractivity contribution >= 4 is 29.2 Å². The second kappa shape index (κ2) is 7.66. The number of pyridine rings is 1. The van der Waals surface area contributed by atoms with Crippen LogP contribution >= 0.6 is 23.2 Å². The van der Waals surface area contributed by atoms with Crippen LogP contribution in [-0.2, 0) is 16.0 Å². The molecule has 27 heavy (non-hydrogen) atoms. The Bertz CT molecular complexity index is 998. The SMILES string of the molecule is CCCc1cc2c(c(=O)[nH]1)C(c1ccc(Cl)c(Cl)c1)C(C(=O)OC)=C(N)O2. The van der Waals surface area contributed by atoms with Crippen molar-refractivity contribution in [2.45, 2.75) is 25.7 Å². The van der Waals surface area contributed by atoms with Crippen molar-refractivity contribution in [1.82, 2.24) is 4.98 Å². The normalized spacial score (nSPS) is 15.9. The van der Waals surface area contributed by atoms with Crippen molar-refractivity contribution in [3.63, 3.8) is 0 Å². The predicted octanol–water partition coefficient (Wildman–Crippen LogP) is 3.50. The number of aromatic nitrogens is 1. The molecular weight excluding hydrogens is 391 g/mol. The van der Waals surface area contributed by atoms with E-state index in [1.54, 1.807) is 24.3 Å². The van der Waals surface area contributed by atoms with E-state index < -0.39 is 11.9 Å². The van der Waals surface area contributed by atoms with Crippen LogP contribution in [0.5, 0.6) is 5.75 Å². The number of hydrogen-bond donors (Lipinski definition) is 2. The van der Waals surface area contributed by atoms with Crippen molar-refractivity contribution in [2.75, 3.05) is 7.11 Å². The van der Waals surface area contributed by atoms with Crippen molar-refractivity contribution < 1.29 is 14.3 Å².